The van der Waals surface area contributed by atoms with Crippen LogP contribution in [0.5, 0.6) is 11.5 Å². The molecular weight excluding hydrogens is 434 g/mol. The van der Waals surface area contributed by atoms with Gasteiger partial charge in [-0.3, -0.25) is 4.79 Å². The van der Waals surface area contributed by atoms with Crippen molar-refractivity contribution in [1.29, 1.82) is 0 Å². The normalized spacial score (nSPS) is 13.3. The van der Waals surface area contributed by atoms with Gasteiger partial charge in [-0.25, -0.2) is 4.79 Å². The molecule has 0 atom stereocenters. The minimum absolute atomic E-state index is 0.0396. The molecule has 0 spiro atoms. The number of piperazine rings is 1. The van der Waals surface area contributed by atoms with Crippen molar-refractivity contribution in [1.82, 2.24) is 0 Å². The van der Waals surface area contributed by atoms with Crippen LogP contribution in [0.3, 0.4) is 0 Å². The molecule has 0 radical (unpaired) electrons. The summed E-state index contributed by atoms with van der Waals surface area (Å²) in [6.07, 6.45) is 0. The highest BCUT2D eigenvalue weighted by atomic mass is 16.5. The summed E-state index contributed by atoms with van der Waals surface area (Å²) in [6.45, 7) is 2.80. The largest absolute Gasteiger partial charge is 0.495 e. The third kappa shape index (κ3) is 5.40. The Hall–Kier alpha value is -4.20. The van der Waals surface area contributed by atoms with E-state index in [0.29, 0.717) is 5.75 Å². The Morgan fingerprint density at radius 2 is 1.59 bits per heavy atom. The number of anilines is 3. The predicted molar refractivity (Wildman–Crippen MR) is 131 cm³/mol. The number of ether oxygens (including phenoxy) is 2. The van der Waals surface area contributed by atoms with Crippen molar-refractivity contribution in [2.75, 3.05) is 55.0 Å². The highest BCUT2D eigenvalue weighted by Crippen LogP contribution is 2.30. The number of nitrogens with one attached hydrogen (secondary N) is 1. The van der Waals surface area contributed by atoms with Gasteiger partial charge in [0.05, 0.1) is 24.0 Å². The van der Waals surface area contributed by atoms with Gasteiger partial charge < -0.3 is 29.7 Å². The van der Waals surface area contributed by atoms with Gasteiger partial charge in [-0.15, -0.1) is 0 Å². The quantitative estimate of drug-likeness (QED) is 0.528. The number of benzene rings is 3. The summed E-state index contributed by atoms with van der Waals surface area (Å²) in [5.41, 5.74) is 2.13. The van der Waals surface area contributed by atoms with Crippen LogP contribution in [0, 0.1) is 0 Å². The van der Waals surface area contributed by atoms with E-state index in [1.165, 1.54) is 0 Å². The van der Waals surface area contributed by atoms with Crippen molar-refractivity contribution in [2.24, 2.45) is 0 Å². The number of amides is 1. The van der Waals surface area contributed by atoms with Crippen molar-refractivity contribution in [2.45, 2.75) is 0 Å². The van der Waals surface area contributed by atoms with Crippen molar-refractivity contribution >= 4 is 28.9 Å². The Morgan fingerprint density at radius 3 is 2.29 bits per heavy atom. The number of carboxylic acids is 1. The number of carbonyl (C=O) groups is 2. The first-order valence-electron chi connectivity index (χ1n) is 11.0. The van der Waals surface area contributed by atoms with Gasteiger partial charge in [0.1, 0.15) is 11.5 Å². The lowest BCUT2D eigenvalue weighted by atomic mass is 10.1. The molecule has 0 aromatic heterocycles. The molecule has 1 saturated heterocycles. The minimum atomic E-state index is -1.10. The number of hydrogen-bond donors (Lipinski definition) is 2. The van der Waals surface area contributed by atoms with Gasteiger partial charge in [-0.05, 0) is 42.5 Å². The number of rotatable bonds is 8. The molecule has 2 N–H and O–H groups in total. The Labute approximate surface area is 198 Å². The number of nitrogens with zero attached hydrogens (tertiary/aromatic N) is 2. The highest BCUT2D eigenvalue weighted by Gasteiger charge is 2.22. The summed E-state index contributed by atoms with van der Waals surface area (Å²) >= 11 is 0. The van der Waals surface area contributed by atoms with Gasteiger partial charge in [-0.1, -0.05) is 30.3 Å². The second-order valence-electron chi connectivity index (χ2n) is 7.83. The first-order chi connectivity index (χ1) is 16.5. The lowest BCUT2D eigenvalue weighted by molar-refractivity contribution is -0.118. The molecule has 8 nitrogen and oxygen atoms in total. The standard InChI is InChI=1S/C26H27N3O5/c1-33-24-10-6-5-9-23(24)29-15-13-28(14-16-29)19-11-12-22(21(17-19)26(31)32)27-25(30)18-34-20-7-3-2-4-8-20/h2-12,17H,13-16,18H2,1H3,(H,27,30)(H,31,32). The van der Waals surface area contributed by atoms with Crippen LogP contribution in [0.15, 0.2) is 72.8 Å². The Morgan fingerprint density at radius 1 is 0.912 bits per heavy atom. The number of methoxy groups -OCH3 is 1. The zero-order valence-electron chi connectivity index (χ0n) is 18.9. The fourth-order valence-electron chi connectivity index (χ4n) is 3.96. The zero-order valence-corrected chi connectivity index (χ0v) is 18.9. The minimum Gasteiger partial charge on any atom is -0.495 e. The molecule has 0 aliphatic carbocycles. The van der Waals surface area contributed by atoms with E-state index in [1.807, 2.05) is 48.5 Å². The maximum absolute atomic E-state index is 12.3. The SMILES string of the molecule is COc1ccccc1N1CCN(c2ccc(NC(=O)COc3ccccc3)c(C(=O)O)c2)CC1. The number of carbonyl (C=O) groups excluding carboxylic acids is 1. The van der Waals surface area contributed by atoms with Gasteiger partial charge in [0.15, 0.2) is 6.61 Å². The van der Waals surface area contributed by atoms with Crippen molar-refractivity contribution in [3.63, 3.8) is 0 Å². The smallest absolute Gasteiger partial charge is 0.337 e. The fourth-order valence-corrected chi connectivity index (χ4v) is 3.96. The summed E-state index contributed by atoms with van der Waals surface area (Å²) in [6, 6.07) is 22.0. The first kappa shape index (κ1) is 23.0. The van der Waals surface area contributed by atoms with Crippen LogP contribution in [0.4, 0.5) is 17.1 Å². The van der Waals surface area contributed by atoms with Crippen LogP contribution >= 0.6 is 0 Å². The summed E-state index contributed by atoms with van der Waals surface area (Å²) in [4.78, 5) is 28.6. The zero-order chi connectivity index (χ0) is 23.9. The second-order valence-corrected chi connectivity index (χ2v) is 7.83. The van der Waals surface area contributed by atoms with Gasteiger partial charge in [0.25, 0.3) is 5.91 Å². The van der Waals surface area contributed by atoms with Crippen LogP contribution in [0.1, 0.15) is 10.4 Å². The van der Waals surface area contributed by atoms with E-state index in [2.05, 4.69) is 15.1 Å². The van der Waals surface area contributed by atoms with Crippen molar-refractivity contribution in [3.8, 4) is 11.5 Å². The first-order valence-corrected chi connectivity index (χ1v) is 11.0. The third-order valence-corrected chi connectivity index (χ3v) is 5.69. The molecule has 1 aliphatic rings. The fraction of sp³-hybridized carbons (Fsp3) is 0.231. The maximum atomic E-state index is 12.3. The van der Waals surface area contributed by atoms with E-state index < -0.39 is 11.9 Å². The Balaban J connectivity index is 1.40. The Bertz CT molecular complexity index is 1140. The lowest BCUT2D eigenvalue weighted by Crippen LogP contribution is -2.46. The monoisotopic (exact) mass is 461 g/mol. The molecule has 3 aromatic carbocycles. The van der Waals surface area contributed by atoms with Crippen LogP contribution < -0.4 is 24.6 Å². The molecule has 1 heterocycles. The van der Waals surface area contributed by atoms with Gasteiger partial charge in [-0.2, -0.15) is 0 Å². The van der Waals surface area contributed by atoms with Crippen LogP contribution in [0.25, 0.3) is 0 Å². The topological polar surface area (TPSA) is 91.3 Å². The molecular formula is C26H27N3O5. The Kier molecular flexibility index (Phi) is 7.17. The summed E-state index contributed by atoms with van der Waals surface area (Å²) in [5.74, 6) is -0.127. The summed E-state index contributed by atoms with van der Waals surface area (Å²) in [5, 5.41) is 12.4. The summed E-state index contributed by atoms with van der Waals surface area (Å²) < 4.78 is 10.9. The second kappa shape index (κ2) is 10.6. The maximum Gasteiger partial charge on any atom is 0.337 e. The van der Waals surface area contributed by atoms with Gasteiger partial charge in [0, 0.05) is 31.9 Å². The molecule has 0 saturated carbocycles. The molecule has 8 heteroatoms. The number of para-hydroxylation sites is 3. The van der Waals surface area contributed by atoms with Gasteiger partial charge in [0.2, 0.25) is 0 Å². The molecule has 0 bridgehead atoms. The molecule has 1 amide bonds. The molecule has 0 unspecified atom stereocenters. The van der Waals surface area contributed by atoms with E-state index >= 15 is 0 Å². The third-order valence-electron chi connectivity index (χ3n) is 5.69. The van der Waals surface area contributed by atoms with E-state index in [-0.39, 0.29) is 17.9 Å². The molecule has 1 aliphatic heterocycles. The molecule has 34 heavy (non-hydrogen) atoms. The van der Waals surface area contributed by atoms with E-state index in [0.717, 1.165) is 43.3 Å². The van der Waals surface area contributed by atoms with Crippen molar-refractivity contribution in [3.05, 3.63) is 78.4 Å². The average molecular weight is 462 g/mol. The van der Waals surface area contributed by atoms with E-state index in [9.17, 15) is 14.7 Å². The average Bonchev–Trinajstić information content (AvgIpc) is 2.88. The van der Waals surface area contributed by atoms with E-state index in [4.69, 9.17) is 9.47 Å². The van der Waals surface area contributed by atoms with Crippen molar-refractivity contribution < 1.29 is 24.2 Å². The lowest BCUT2D eigenvalue weighted by Gasteiger charge is -2.38. The van der Waals surface area contributed by atoms with Crippen LogP contribution in [-0.2, 0) is 4.79 Å². The predicted octanol–water partition coefficient (Wildman–Crippen LogP) is 3.74. The molecule has 176 valence electrons. The number of aromatic carboxylic acids is 1. The summed E-state index contributed by atoms with van der Waals surface area (Å²) in [7, 11) is 1.66. The van der Waals surface area contributed by atoms with E-state index in [1.54, 1.807) is 31.4 Å². The molecule has 4 rings (SSSR count). The number of carboxylic acid groups (broad SMARTS) is 1. The highest BCUT2D eigenvalue weighted by molar-refractivity contribution is 6.01. The molecule has 3 aromatic rings. The number of hydrogen-bond acceptors (Lipinski definition) is 6. The van der Waals surface area contributed by atoms with Crippen LogP contribution in [-0.4, -0.2) is 56.9 Å². The van der Waals surface area contributed by atoms with Gasteiger partial charge >= 0.3 is 5.97 Å². The van der Waals surface area contributed by atoms with Crippen LogP contribution in [0.2, 0.25) is 0 Å². The molecule has 1 fully saturated rings.